The van der Waals surface area contributed by atoms with Gasteiger partial charge in [-0.1, -0.05) is 31.2 Å². The molecule has 0 atom stereocenters. The highest BCUT2D eigenvalue weighted by Gasteiger charge is 2.28. The van der Waals surface area contributed by atoms with Gasteiger partial charge in [0.1, 0.15) is 0 Å². The number of rotatable bonds is 2. The summed E-state index contributed by atoms with van der Waals surface area (Å²) in [5.74, 6) is 0.147. The third-order valence-corrected chi connectivity index (χ3v) is 3.10. The van der Waals surface area contributed by atoms with Gasteiger partial charge in [-0.3, -0.25) is 4.79 Å². The molecular formula is C14H13NO. The van der Waals surface area contributed by atoms with Crippen molar-refractivity contribution in [2.45, 2.75) is 13.3 Å². The first-order valence-electron chi connectivity index (χ1n) is 5.66. The fraction of sp³-hybridized carbons (Fsp3) is 0.214. The van der Waals surface area contributed by atoms with Crippen molar-refractivity contribution in [1.82, 2.24) is 0 Å². The van der Waals surface area contributed by atoms with Gasteiger partial charge in [0.15, 0.2) is 0 Å². The summed E-state index contributed by atoms with van der Waals surface area (Å²) in [5.41, 5.74) is 1.92. The van der Waals surface area contributed by atoms with Crippen LogP contribution < -0.4 is 4.90 Å². The number of hydrogen-bond donors (Lipinski definition) is 0. The van der Waals surface area contributed by atoms with Crippen molar-refractivity contribution >= 4 is 22.4 Å². The van der Waals surface area contributed by atoms with E-state index in [2.05, 4.69) is 19.1 Å². The zero-order valence-electron chi connectivity index (χ0n) is 9.23. The first kappa shape index (κ1) is 9.40. The topological polar surface area (TPSA) is 20.3 Å². The molecule has 2 aromatic carbocycles. The summed E-state index contributed by atoms with van der Waals surface area (Å²) >= 11 is 0. The molecule has 0 radical (unpaired) electrons. The lowest BCUT2D eigenvalue weighted by Gasteiger charge is -2.16. The van der Waals surface area contributed by atoms with Gasteiger partial charge in [-0.05, 0) is 23.9 Å². The van der Waals surface area contributed by atoms with Gasteiger partial charge in [0, 0.05) is 17.5 Å². The molecule has 0 saturated heterocycles. The van der Waals surface area contributed by atoms with Crippen LogP contribution in [-0.4, -0.2) is 12.5 Å². The van der Waals surface area contributed by atoms with Crippen LogP contribution in [-0.2, 0) is 0 Å². The van der Waals surface area contributed by atoms with Gasteiger partial charge >= 0.3 is 0 Å². The summed E-state index contributed by atoms with van der Waals surface area (Å²) in [6, 6.07) is 12.0. The second kappa shape index (κ2) is 3.34. The molecular weight excluding hydrogens is 198 g/mol. The largest absolute Gasteiger partial charge is 0.308 e. The Hall–Kier alpha value is -1.83. The van der Waals surface area contributed by atoms with Crippen LogP contribution in [0.1, 0.15) is 23.7 Å². The Morgan fingerprint density at radius 1 is 1.12 bits per heavy atom. The SMILES string of the molecule is CCCN1C(=O)c2cccc3cccc1c23. The smallest absolute Gasteiger partial charge is 0.258 e. The van der Waals surface area contributed by atoms with Crippen molar-refractivity contribution in [3.8, 4) is 0 Å². The number of carbonyl (C=O) groups is 1. The Morgan fingerprint density at radius 2 is 1.88 bits per heavy atom. The Balaban J connectivity index is 2.31. The fourth-order valence-corrected chi connectivity index (χ4v) is 2.42. The summed E-state index contributed by atoms with van der Waals surface area (Å²) < 4.78 is 0. The van der Waals surface area contributed by atoms with Gasteiger partial charge in [0.25, 0.3) is 5.91 Å². The molecule has 0 spiro atoms. The Morgan fingerprint density at radius 3 is 2.62 bits per heavy atom. The molecule has 1 amide bonds. The molecule has 0 saturated carbocycles. The molecule has 0 fully saturated rings. The second-order valence-corrected chi connectivity index (χ2v) is 4.14. The molecule has 0 aromatic heterocycles. The maximum atomic E-state index is 12.2. The van der Waals surface area contributed by atoms with Crippen LogP contribution >= 0.6 is 0 Å². The highest BCUT2D eigenvalue weighted by molar-refractivity contribution is 6.24. The Kier molecular flexibility index (Phi) is 1.96. The number of amides is 1. The van der Waals surface area contributed by atoms with Crippen LogP contribution in [0.25, 0.3) is 10.8 Å². The average Bonchev–Trinajstić information content (AvgIpc) is 2.58. The molecule has 2 heteroatoms. The summed E-state index contributed by atoms with van der Waals surface area (Å²) in [7, 11) is 0. The average molecular weight is 211 g/mol. The van der Waals surface area contributed by atoms with E-state index < -0.39 is 0 Å². The van der Waals surface area contributed by atoms with Crippen LogP contribution in [0.2, 0.25) is 0 Å². The first-order valence-corrected chi connectivity index (χ1v) is 5.66. The maximum absolute atomic E-state index is 12.2. The molecule has 1 heterocycles. The predicted octanol–water partition coefficient (Wildman–Crippen LogP) is 3.21. The number of hydrogen-bond acceptors (Lipinski definition) is 1. The predicted molar refractivity (Wildman–Crippen MR) is 65.9 cm³/mol. The summed E-state index contributed by atoms with van der Waals surface area (Å²) in [6.45, 7) is 2.89. The minimum absolute atomic E-state index is 0.147. The molecule has 0 bridgehead atoms. The highest BCUT2D eigenvalue weighted by atomic mass is 16.2. The van der Waals surface area contributed by atoms with Crippen molar-refractivity contribution in [3.05, 3.63) is 42.0 Å². The maximum Gasteiger partial charge on any atom is 0.258 e. The van der Waals surface area contributed by atoms with E-state index in [0.29, 0.717) is 0 Å². The Labute approximate surface area is 94.5 Å². The van der Waals surface area contributed by atoms with Crippen LogP contribution in [0, 0.1) is 0 Å². The third-order valence-electron chi connectivity index (χ3n) is 3.10. The molecule has 2 aromatic rings. The van der Waals surface area contributed by atoms with Crippen molar-refractivity contribution in [2.75, 3.05) is 11.4 Å². The molecule has 2 nitrogen and oxygen atoms in total. The quantitative estimate of drug-likeness (QED) is 0.747. The molecule has 0 N–H and O–H groups in total. The van der Waals surface area contributed by atoms with Crippen molar-refractivity contribution in [3.63, 3.8) is 0 Å². The van der Waals surface area contributed by atoms with E-state index in [1.807, 2.05) is 29.2 Å². The summed E-state index contributed by atoms with van der Waals surface area (Å²) in [4.78, 5) is 14.1. The van der Waals surface area contributed by atoms with Crippen LogP contribution in [0.4, 0.5) is 5.69 Å². The minimum Gasteiger partial charge on any atom is -0.308 e. The van der Waals surface area contributed by atoms with E-state index in [1.54, 1.807) is 0 Å². The fourth-order valence-electron chi connectivity index (χ4n) is 2.42. The van der Waals surface area contributed by atoms with Gasteiger partial charge in [-0.25, -0.2) is 0 Å². The highest BCUT2D eigenvalue weighted by Crippen LogP contribution is 2.36. The molecule has 80 valence electrons. The van der Waals surface area contributed by atoms with Crippen LogP contribution in [0.3, 0.4) is 0 Å². The number of anilines is 1. The second-order valence-electron chi connectivity index (χ2n) is 4.14. The van der Waals surface area contributed by atoms with E-state index in [4.69, 9.17) is 0 Å². The minimum atomic E-state index is 0.147. The normalized spacial score (nSPS) is 13.8. The molecule has 0 aliphatic carbocycles. The van der Waals surface area contributed by atoms with Crippen LogP contribution in [0.5, 0.6) is 0 Å². The molecule has 1 aliphatic heterocycles. The van der Waals surface area contributed by atoms with E-state index >= 15 is 0 Å². The first-order chi connectivity index (χ1) is 7.83. The van der Waals surface area contributed by atoms with E-state index in [-0.39, 0.29) is 5.91 Å². The number of nitrogens with zero attached hydrogens (tertiary/aromatic N) is 1. The lowest BCUT2D eigenvalue weighted by molar-refractivity contribution is 0.0993. The molecule has 3 rings (SSSR count). The van der Waals surface area contributed by atoms with Crippen molar-refractivity contribution < 1.29 is 4.79 Å². The van der Waals surface area contributed by atoms with Crippen molar-refractivity contribution in [2.24, 2.45) is 0 Å². The van der Waals surface area contributed by atoms with Gasteiger partial charge in [-0.2, -0.15) is 0 Å². The summed E-state index contributed by atoms with van der Waals surface area (Å²) in [6.07, 6.45) is 0.982. The van der Waals surface area contributed by atoms with E-state index in [1.165, 1.54) is 0 Å². The van der Waals surface area contributed by atoms with Gasteiger partial charge in [0.05, 0.1) is 5.69 Å². The van der Waals surface area contributed by atoms with Gasteiger partial charge in [0.2, 0.25) is 0 Å². The summed E-state index contributed by atoms with van der Waals surface area (Å²) in [5, 5.41) is 2.27. The molecule has 16 heavy (non-hydrogen) atoms. The lowest BCUT2D eigenvalue weighted by Crippen LogP contribution is -2.27. The number of carbonyl (C=O) groups excluding carboxylic acids is 1. The third kappa shape index (κ3) is 1.10. The van der Waals surface area contributed by atoms with Gasteiger partial charge < -0.3 is 4.90 Å². The molecule has 1 aliphatic rings. The van der Waals surface area contributed by atoms with E-state index in [0.717, 1.165) is 35.0 Å². The van der Waals surface area contributed by atoms with Crippen LogP contribution in [0.15, 0.2) is 36.4 Å². The van der Waals surface area contributed by atoms with Crippen molar-refractivity contribution in [1.29, 1.82) is 0 Å². The zero-order valence-corrected chi connectivity index (χ0v) is 9.23. The lowest BCUT2D eigenvalue weighted by atomic mass is 10.1. The van der Waals surface area contributed by atoms with Gasteiger partial charge in [-0.15, -0.1) is 0 Å². The molecule has 0 unspecified atom stereocenters. The number of benzene rings is 2. The Bertz CT molecular complexity index is 569. The van der Waals surface area contributed by atoms with E-state index in [9.17, 15) is 4.79 Å². The standard InChI is InChI=1S/C14H13NO/c1-2-9-15-12-8-4-6-10-5-3-7-11(13(10)12)14(15)16/h3-8H,2,9H2,1H3. The monoisotopic (exact) mass is 211 g/mol. The zero-order chi connectivity index (χ0) is 11.1.